The molecule has 1 aromatic carbocycles. The van der Waals surface area contributed by atoms with E-state index in [0.29, 0.717) is 50.9 Å². The molecule has 36 heavy (non-hydrogen) atoms. The van der Waals surface area contributed by atoms with Crippen molar-refractivity contribution in [3.8, 4) is 0 Å². The standard InChI is InChI=1S/C27H33N3O5S/c1-2-7-25(31)29-14-12-19(13-15-29)28-36(34,35)20-16-18-8-3-4-9-21(18)24(17-20)30-26(32)22-10-5-6-11-23(22)27(30)33/h5-6,10-11,16-17,19,22-23,28H,2-4,7-9,12-15H2,1H3. The zero-order chi connectivity index (χ0) is 25.4. The third-order valence-electron chi connectivity index (χ3n) is 7.75. The van der Waals surface area contributed by atoms with Gasteiger partial charge in [0.05, 0.1) is 22.4 Å². The second-order valence-electron chi connectivity index (χ2n) is 10.1. The molecule has 0 saturated carbocycles. The fourth-order valence-corrected chi connectivity index (χ4v) is 7.17. The number of benzene rings is 1. The highest BCUT2D eigenvalue weighted by molar-refractivity contribution is 7.89. The summed E-state index contributed by atoms with van der Waals surface area (Å²) in [4.78, 5) is 41.8. The molecule has 2 atom stereocenters. The normalized spacial score (nSPS) is 24.2. The van der Waals surface area contributed by atoms with Gasteiger partial charge in [0.2, 0.25) is 27.7 Å². The number of allylic oxidation sites excluding steroid dienone is 2. The van der Waals surface area contributed by atoms with E-state index in [1.54, 1.807) is 35.3 Å². The number of sulfonamides is 1. The van der Waals surface area contributed by atoms with E-state index in [1.165, 1.54) is 11.0 Å². The van der Waals surface area contributed by atoms with Crippen LogP contribution < -0.4 is 9.62 Å². The van der Waals surface area contributed by atoms with Gasteiger partial charge in [0.1, 0.15) is 0 Å². The molecule has 0 bridgehead atoms. The first-order valence-corrected chi connectivity index (χ1v) is 14.5. The van der Waals surface area contributed by atoms with Gasteiger partial charge in [-0.25, -0.2) is 18.0 Å². The molecule has 3 amide bonds. The van der Waals surface area contributed by atoms with Crippen molar-refractivity contribution in [2.75, 3.05) is 18.0 Å². The summed E-state index contributed by atoms with van der Waals surface area (Å²) in [6, 6.07) is 2.94. The van der Waals surface area contributed by atoms with Gasteiger partial charge in [-0.1, -0.05) is 31.2 Å². The molecule has 2 heterocycles. The summed E-state index contributed by atoms with van der Waals surface area (Å²) < 4.78 is 29.8. The van der Waals surface area contributed by atoms with Crippen molar-refractivity contribution in [3.05, 3.63) is 47.6 Å². The minimum absolute atomic E-state index is 0.0872. The minimum Gasteiger partial charge on any atom is -0.343 e. The lowest BCUT2D eigenvalue weighted by Crippen LogP contribution is -2.46. The number of likely N-dealkylation sites (tertiary alicyclic amines) is 1. The quantitative estimate of drug-likeness (QED) is 0.592. The van der Waals surface area contributed by atoms with Crippen LogP contribution >= 0.6 is 0 Å². The van der Waals surface area contributed by atoms with Crippen LogP contribution in [-0.2, 0) is 37.2 Å². The van der Waals surface area contributed by atoms with Crippen LogP contribution in [0.1, 0.15) is 56.6 Å². The Morgan fingerprint density at radius 3 is 2.28 bits per heavy atom. The predicted molar refractivity (Wildman–Crippen MR) is 136 cm³/mol. The summed E-state index contributed by atoms with van der Waals surface area (Å²) in [5, 5.41) is 0. The van der Waals surface area contributed by atoms with E-state index in [9.17, 15) is 22.8 Å². The summed E-state index contributed by atoms with van der Waals surface area (Å²) in [7, 11) is -3.88. The van der Waals surface area contributed by atoms with Crippen molar-refractivity contribution < 1.29 is 22.8 Å². The average Bonchev–Trinajstić information content (AvgIpc) is 3.13. The van der Waals surface area contributed by atoms with Crippen LogP contribution in [-0.4, -0.2) is 50.2 Å². The van der Waals surface area contributed by atoms with Crippen molar-refractivity contribution >= 4 is 33.4 Å². The predicted octanol–water partition coefficient (Wildman–Crippen LogP) is 2.87. The molecule has 192 valence electrons. The minimum atomic E-state index is -3.88. The Kier molecular flexibility index (Phi) is 6.87. The second-order valence-corrected chi connectivity index (χ2v) is 11.9. The van der Waals surface area contributed by atoms with Crippen molar-refractivity contribution in [1.29, 1.82) is 0 Å². The molecule has 0 aromatic heterocycles. The number of hydrogen-bond acceptors (Lipinski definition) is 5. The Balaban J connectivity index is 1.42. The molecule has 2 fully saturated rings. The topological polar surface area (TPSA) is 104 Å². The highest BCUT2D eigenvalue weighted by Crippen LogP contribution is 2.40. The van der Waals surface area contributed by atoms with Crippen LogP contribution in [0.25, 0.3) is 0 Å². The van der Waals surface area contributed by atoms with Crippen LogP contribution in [0.15, 0.2) is 41.3 Å². The molecule has 2 unspecified atom stereocenters. The van der Waals surface area contributed by atoms with Gasteiger partial charge >= 0.3 is 0 Å². The number of fused-ring (bicyclic) bond motifs is 2. The molecule has 0 spiro atoms. The third kappa shape index (κ3) is 4.54. The Morgan fingerprint density at radius 2 is 1.64 bits per heavy atom. The molecule has 1 aromatic rings. The number of carbonyl (C=O) groups is 3. The highest BCUT2D eigenvalue weighted by Gasteiger charge is 2.47. The van der Waals surface area contributed by atoms with E-state index in [-0.39, 0.29) is 28.7 Å². The first-order valence-electron chi connectivity index (χ1n) is 13.0. The van der Waals surface area contributed by atoms with Gasteiger partial charge in [0.15, 0.2) is 0 Å². The van der Waals surface area contributed by atoms with Crippen LogP contribution in [0.2, 0.25) is 0 Å². The van der Waals surface area contributed by atoms with E-state index in [2.05, 4.69) is 4.72 Å². The lowest BCUT2D eigenvalue weighted by atomic mass is 9.90. The van der Waals surface area contributed by atoms with E-state index >= 15 is 0 Å². The number of nitrogens with one attached hydrogen (secondary N) is 1. The van der Waals surface area contributed by atoms with Crippen molar-refractivity contribution in [2.24, 2.45) is 11.8 Å². The Bertz CT molecular complexity index is 1210. The molecule has 1 N–H and O–H groups in total. The number of piperidine rings is 1. The molecule has 8 nitrogen and oxygen atoms in total. The number of amides is 3. The number of rotatable bonds is 6. The van der Waals surface area contributed by atoms with Crippen LogP contribution in [0.3, 0.4) is 0 Å². The number of carbonyl (C=O) groups excluding carboxylic acids is 3. The highest BCUT2D eigenvalue weighted by atomic mass is 32.2. The van der Waals surface area contributed by atoms with Gasteiger partial charge in [-0.15, -0.1) is 0 Å². The smallest absolute Gasteiger partial charge is 0.241 e. The maximum absolute atomic E-state index is 13.5. The van der Waals surface area contributed by atoms with E-state index in [4.69, 9.17) is 0 Å². The molecular formula is C27H33N3O5S. The SMILES string of the molecule is CCCC(=O)N1CCC(NS(=O)(=O)c2cc3c(c(N4C(=O)C5C=CC=CC5C4=O)c2)CCCC3)CC1. The third-order valence-corrected chi connectivity index (χ3v) is 9.25. The van der Waals surface area contributed by atoms with Gasteiger partial charge in [0.25, 0.3) is 0 Å². The largest absolute Gasteiger partial charge is 0.343 e. The maximum Gasteiger partial charge on any atom is 0.241 e. The van der Waals surface area contributed by atoms with Crippen LogP contribution in [0, 0.1) is 11.8 Å². The molecule has 9 heteroatoms. The fourth-order valence-electron chi connectivity index (χ4n) is 5.80. The second kappa shape index (κ2) is 9.94. The number of hydrogen-bond donors (Lipinski definition) is 1. The van der Waals surface area contributed by atoms with Crippen molar-refractivity contribution in [1.82, 2.24) is 9.62 Å². The molecule has 4 aliphatic rings. The molecular weight excluding hydrogens is 478 g/mol. The average molecular weight is 512 g/mol. The summed E-state index contributed by atoms with van der Waals surface area (Å²) in [6.45, 7) is 3.03. The summed E-state index contributed by atoms with van der Waals surface area (Å²) >= 11 is 0. The summed E-state index contributed by atoms with van der Waals surface area (Å²) in [6.07, 6.45) is 12.7. The van der Waals surface area contributed by atoms with Gasteiger partial charge in [0, 0.05) is 25.6 Å². The molecule has 0 radical (unpaired) electrons. The lowest BCUT2D eigenvalue weighted by molar-refractivity contribution is -0.132. The Labute approximate surface area is 212 Å². The van der Waals surface area contributed by atoms with E-state index in [1.807, 2.05) is 6.92 Å². The number of aryl methyl sites for hydroxylation is 1. The molecule has 2 aliphatic heterocycles. The Morgan fingerprint density at radius 1 is 1.00 bits per heavy atom. The summed E-state index contributed by atoms with van der Waals surface area (Å²) in [5.74, 6) is -1.57. The van der Waals surface area contributed by atoms with Gasteiger partial charge in [-0.3, -0.25) is 14.4 Å². The first-order chi connectivity index (χ1) is 17.3. The maximum atomic E-state index is 13.5. The van der Waals surface area contributed by atoms with E-state index in [0.717, 1.165) is 30.4 Å². The number of anilines is 1. The molecule has 2 aliphatic carbocycles. The lowest BCUT2D eigenvalue weighted by Gasteiger charge is -2.32. The first kappa shape index (κ1) is 24.9. The van der Waals surface area contributed by atoms with E-state index < -0.39 is 21.9 Å². The zero-order valence-electron chi connectivity index (χ0n) is 20.6. The van der Waals surface area contributed by atoms with Crippen molar-refractivity contribution in [2.45, 2.75) is 69.2 Å². The van der Waals surface area contributed by atoms with Crippen LogP contribution in [0.5, 0.6) is 0 Å². The molecule has 2 saturated heterocycles. The number of nitrogens with zero attached hydrogens (tertiary/aromatic N) is 2. The monoisotopic (exact) mass is 511 g/mol. The number of imide groups is 1. The van der Waals surface area contributed by atoms with Crippen molar-refractivity contribution in [3.63, 3.8) is 0 Å². The fraction of sp³-hybridized carbons (Fsp3) is 0.519. The molecule has 5 rings (SSSR count). The van der Waals surface area contributed by atoms with Gasteiger partial charge in [-0.2, -0.15) is 0 Å². The zero-order valence-corrected chi connectivity index (χ0v) is 21.4. The van der Waals surface area contributed by atoms with Gasteiger partial charge < -0.3 is 4.90 Å². The Hall–Kier alpha value is -2.78. The van der Waals surface area contributed by atoms with Crippen LogP contribution in [0.4, 0.5) is 5.69 Å². The van der Waals surface area contributed by atoms with Gasteiger partial charge in [-0.05, 0) is 68.2 Å². The summed E-state index contributed by atoms with van der Waals surface area (Å²) in [5.41, 5.74) is 2.20.